The second-order valence-corrected chi connectivity index (χ2v) is 6.81. The molecule has 26 heavy (non-hydrogen) atoms. The monoisotopic (exact) mass is 373 g/mol. The van der Waals surface area contributed by atoms with Crippen LogP contribution in [0.3, 0.4) is 0 Å². The summed E-state index contributed by atoms with van der Waals surface area (Å²) in [7, 11) is 1.92. The predicted octanol–water partition coefficient (Wildman–Crippen LogP) is 2.15. The number of rotatable bonds is 4. The van der Waals surface area contributed by atoms with E-state index < -0.39 is 0 Å². The first-order valence-electron chi connectivity index (χ1n) is 8.49. The summed E-state index contributed by atoms with van der Waals surface area (Å²) in [5.74, 6) is 1.66. The third kappa shape index (κ3) is 3.30. The van der Waals surface area contributed by atoms with Crippen molar-refractivity contribution in [3.63, 3.8) is 0 Å². The summed E-state index contributed by atoms with van der Waals surface area (Å²) in [5.41, 5.74) is 2.91. The van der Waals surface area contributed by atoms with Crippen LogP contribution in [0.1, 0.15) is 11.5 Å². The van der Waals surface area contributed by atoms with E-state index in [1.54, 1.807) is 6.20 Å². The van der Waals surface area contributed by atoms with Gasteiger partial charge in [0.15, 0.2) is 11.6 Å². The van der Waals surface area contributed by atoms with E-state index in [4.69, 9.17) is 16.1 Å². The average molecular weight is 374 g/mol. The Kier molecular flexibility index (Phi) is 4.60. The van der Waals surface area contributed by atoms with Crippen molar-refractivity contribution in [1.82, 2.24) is 29.8 Å². The fourth-order valence-electron chi connectivity index (χ4n) is 3.14. The lowest BCUT2D eigenvalue weighted by molar-refractivity contribution is 0.219. The maximum absolute atomic E-state index is 6.19. The summed E-state index contributed by atoms with van der Waals surface area (Å²) >= 11 is 6.19. The maximum Gasteiger partial charge on any atom is 0.151 e. The quantitative estimate of drug-likeness (QED) is 0.693. The molecule has 0 aromatic carbocycles. The molecule has 0 amide bonds. The van der Waals surface area contributed by atoms with Crippen LogP contribution < -0.4 is 4.90 Å². The first kappa shape index (κ1) is 17.0. The molecule has 4 rings (SSSR count). The standard InChI is InChI=1S/C17H20ClN7O/c1-12-14(8-21-23(12)2)16-7-13(26-22-16)10-24-3-5-25(6-4-24)17-15(18)9-19-11-20-17/h7-9,11H,3-6,10H2,1-2H3. The molecule has 1 aliphatic heterocycles. The lowest BCUT2D eigenvalue weighted by atomic mass is 10.2. The molecule has 0 N–H and O–H groups in total. The molecule has 0 aliphatic carbocycles. The van der Waals surface area contributed by atoms with Gasteiger partial charge < -0.3 is 9.42 Å². The number of piperazine rings is 1. The molecule has 1 aliphatic rings. The van der Waals surface area contributed by atoms with E-state index in [0.717, 1.165) is 61.3 Å². The molecule has 0 radical (unpaired) electrons. The van der Waals surface area contributed by atoms with Gasteiger partial charge >= 0.3 is 0 Å². The normalized spacial score (nSPS) is 15.6. The number of hydrogen-bond donors (Lipinski definition) is 0. The Hall–Kier alpha value is -2.45. The molecule has 9 heteroatoms. The molecule has 136 valence electrons. The number of halogens is 1. The van der Waals surface area contributed by atoms with Gasteiger partial charge in [0.2, 0.25) is 0 Å². The second kappa shape index (κ2) is 7.05. The lowest BCUT2D eigenvalue weighted by Crippen LogP contribution is -2.46. The van der Waals surface area contributed by atoms with Gasteiger partial charge in [-0.3, -0.25) is 9.58 Å². The molecule has 0 atom stereocenters. The van der Waals surface area contributed by atoms with E-state index in [1.165, 1.54) is 6.33 Å². The molecule has 0 saturated carbocycles. The van der Waals surface area contributed by atoms with Crippen molar-refractivity contribution < 1.29 is 4.52 Å². The zero-order chi connectivity index (χ0) is 18.1. The van der Waals surface area contributed by atoms with Crippen LogP contribution in [0, 0.1) is 6.92 Å². The molecule has 1 fully saturated rings. The smallest absolute Gasteiger partial charge is 0.151 e. The summed E-state index contributed by atoms with van der Waals surface area (Å²) in [6.07, 6.45) is 4.98. The Morgan fingerprint density at radius 3 is 2.69 bits per heavy atom. The first-order chi connectivity index (χ1) is 12.6. The van der Waals surface area contributed by atoms with Gasteiger partial charge in [-0.25, -0.2) is 9.97 Å². The van der Waals surface area contributed by atoms with Crippen molar-refractivity contribution in [3.05, 3.63) is 41.3 Å². The number of anilines is 1. The summed E-state index contributed by atoms with van der Waals surface area (Å²) in [5, 5.41) is 9.05. The van der Waals surface area contributed by atoms with Crippen molar-refractivity contribution in [1.29, 1.82) is 0 Å². The molecule has 3 aromatic heterocycles. The molecule has 1 saturated heterocycles. The highest BCUT2D eigenvalue weighted by Gasteiger charge is 2.21. The minimum atomic E-state index is 0.590. The van der Waals surface area contributed by atoms with Crippen LogP contribution in [0.4, 0.5) is 5.82 Å². The van der Waals surface area contributed by atoms with Crippen LogP contribution in [-0.4, -0.2) is 56.0 Å². The van der Waals surface area contributed by atoms with E-state index in [-0.39, 0.29) is 0 Å². The molecule has 0 bridgehead atoms. The number of aromatic nitrogens is 5. The highest BCUT2D eigenvalue weighted by Crippen LogP contribution is 2.25. The van der Waals surface area contributed by atoms with E-state index in [9.17, 15) is 0 Å². The zero-order valence-electron chi connectivity index (χ0n) is 14.8. The predicted molar refractivity (Wildman–Crippen MR) is 98.0 cm³/mol. The Morgan fingerprint density at radius 1 is 1.19 bits per heavy atom. The third-order valence-electron chi connectivity index (χ3n) is 4.77. The molecule has 4 heterocycles. The van der Waals surface area contributed by atoms with Crippen LogP contribution in [0.15, 0.2) is 29.3 Å². The summed E-state index contributed by atoms with van der Waals surface area (Å²) < 4.78 is 7.37. The van der Waals surface area contributed by atoms with Gasteiger partial charge in [-0.2, -0.15) is 5.10 Å². The summed E-state index contributed by atoms with van der Waals surface area (Å²) in [6, 6.07) is 2.00. The molecule has 8 nitrogen and oxygen atoms in total. The zero-order valence-corrected chi connectivity index (χ0v) is 15.5. The van der Waals surface area contributed by atoms with Gasteiger partial charge in [0.1, 0.15) is 17.0 Å². The first-order valence-corrected chi connectivity index (χ1v) is 8.87. The average Bonchev–Trinajstić information content (AvgIpc) is 3.23. The van der Waals surface area contributed by atoms with Gasteiger partial charge in [-0.15, -0.1) is 0 Å². The molecule has 0 unspecified atom stereocenters. The minimum absolute atomic E-state index is 0.590. The van der Waals surface area contributed by atoms with Crippen LogP contribution in [0.5, 0.6) is 0 Å². The number of aryl methyl sites for hydroxylation is 1. The van der Waals surface area contributed by atoms with Crippen LogP contribution in [-0.2, 0) is 13.6 Å². The van der Waals surface area contributed by atoms with Crippen LogP contribution in [0.25, 0.3) is 11.3 Å². The second-order valence-electron chi connectivity index (χ2n) is 6.40. The third-order valence-corrected chi connectivity index (χ3v) is 5.04. The molecular weight excluding hydrogens is 354 g/mol. The maximum atomic E-state index is 6.19. The molecular formula is C17H20ClN7O. The van der Waals surface area contributed by atoms with Gasteiger partial charge in [-0.1, -0.05) is 16.8 Å². The van der Waals surface area contributed by atoms with Gasteiger partial charge in [0.25, 0.3) is 0 Å². The van der Waals surface area contributed by atoms with E-state index >= 15 is 0 Å². The Balaban J connectivity index is 1.38. The van der Waals surface area contributed by atoms with Crippen LogP contribution >= 0.6 is 11.6 Å². The van der Waals surface area contributed by atoms with E-state index in [2.05, 4.69) is 30.0 Å². The summed E-state index contributed by atoms with van der Waals surface area (Å²) in [4.78, 5) is 12.8. The highest BCUT2D eigenvalue weighted by molar-refractivity contribution is 6.32. The van der Waals surface area contributed by atoms with Crippen molar-refractivity contribution in [2.75, 3.05) is 31.1 Å². The van der Waals surface area contributed by atoms with Gasteiger partial charge in [0, 0.05) is 50.6 Å². The van der Waals surface area contributed by atoms with Gasteiger partial charge in [-0.05, 0) is 6.92 Å². The fraction of sp³-hybridized carbons (Fsp3) is 0.412. The fourth-order valence-corrected chi connectivity index (χ4v) is 3.37. The minimum Gasteiger partial charge on any atom is -0.359 e. The van der Waals surface area contributed by atoms with Crippen molar-refractivity contribution in [2.45, 2.75) is 13.5 Å². The SMILES string of the molecule is Cc1c(-c2cc(CN3CCN(c4ncncc4Cl)CC3)on2)cnn1C. The Labute approximate surface area is 156 Å². The Morgan fingerprint density at radius 2 is 2.00 bits per heavy atom. The largest absolute Gasteiger partial charge is 0.359 e. The number of nitrogens with zero attached hydrogens (tertiary/aromatic N) is 7. The van der Waals surface area contributed by atoms with Crippen molar-refractivity contribution in [3.8, 4) is 11.3 Å². The topological polar surface area (TPSA) is 76.1 Å². The van der Waals surface area contributed by atoms with Crippen molar-refractivity contribution >= 4 is 17.4 Å². The molecule has 0 spiro atoms. The van der Waals surface area contributed by atoms with Crippen molar-refractivity contribution in [2.24, 2.45) is 7.05 Å². The van der Waals surface area contributed by atoms with E-state index in [1.807, 2.05) is 30.9 Å². The Bertz CT molecular complexity index is 898. The number of hydrogen-bond acceptors (Lipinski definition) is 7. The molecule has 3 aromatic rings. The lowest BCUT2D eigenvalue weighted by Gasteiger charge is -2.35. The van der Waals surface area contributed by atoms with Crippen LogP contribution in [0.2, 0.25) is 5.02 Å². The summed E-state index contributed by atoms with van der Waals surface area (Å²) in [6.45, 7) is 6.29. The van der Waals surface area contributed by atoms with Gasteiger partial charge in [0.05, 0.1) is 18.9 Å². The highest BCUT2D eigenvalue weighted by atomic mass is 35.5. The van der Waals surface area contributed by atoms with E-state index in [0.29, 0.717) is 5.02 Å².